The van der Waals surface area contributed by atoms with Gasteiger partial charge in [-0.05, 0) is 57.4 Å². The Labute approximate surface area is 190 Å². The lowest BCUT2D eigenvalue weighted by molar-refractivity contribution is -0.119. The van der Waals surface area contributed by atoms with Crippen molar-refractivity contribution in [2.45, 2.75) is 12.8 Å². The smallest absolute Gasteiger partial charge is 0.232 e. The zero-order valence-electron chi connectivity index (χ0n) is 16.5. The molecule has 5 nitrogen and oxygen atoms in total. The number of benzene rings is 2. The first kappa shape index (κ1) is 23.6. The highest BCUT2D eigenvalue weighted by molar-refractivity contribution is 9.10. The van der Waals surface area contributed by atoms with Crippen molar-refractivity contribution in [3.8, 4) is 5.75 Å². The maximum atomic E-state index is 12.9. The number of fused-ring (bicyclic) bond motifs is 1. The second kappa shape index (κ2) is 11.5. The molecule has 0 fully saturated rings. The number of para-hydroxylation sites is 1. The van der Waals surface area contributed by atoms with E-state index < -0.39 is 0 Å². The molecule has 0 saturated heterocycles. The fourth-order valence-corrected chi connectivity index (χ4v) is 4.34. The first-order valence-corrected chi connectivity index (χ1v) is 10.8. The molecule has 0 bridgehead atoms. The predicted octanol–water partition coefficient (Wildman–Crippen LogP) is 5.23. The largest absolute Gasteiger partial charge is 0.493 e. The minimum atomic E-state index is 0. The van der Waals surface area contributed by atoms with Crippen LogP contribution in [0.15, 0.2) is 53.0 Å². The van der Waals surface area contributed by atoms with Gasteiger partial charge in [-0.25, -0.2) is 4.98 Å². The average Bonchev–Trinajstić information content (AvgIpc) is 3.08. The maximum Gasteiger partial charge on any atom is 0.232 e. The second-order valence-corrected chi connectivity index (χ2v) is 8.65. The van der Waals surface area contributed by atoms with Gasteiger partial charge in [0.2, 0.25) is 5.91 Å². The molecule has 0 radical (unpaired) electrons. The molecular formula is C21H25BrClN3O2S. The van der Waals surface area contributed by atoms with Gasteiger partial charge in [-0.15, -0.1) is 12.4 Å². The van der Waals surface area contributed by atoms with Gasteiger partial charge in [0, 0.05) is 11.0 Å². The fraction of sp³-hybridized carbons (Fsp3) is 0.333. The number of hydrogen-bond donors (Lipinski definition) is 0. The van der Waals surface area contributed by atoms with Crippen molar-refractivity contribution in [2.24, 2.45) is 0 Å². The van der Waals surface area contributed by atoms with Gasteiger partial charge in [0.15, 0.2) is 5.13 Å². The van der Waals surface area contributed by atoms with Gasteiger partial charge in [-0.3, -0.25) is 9.69 Å². The van der Waals surface area contributed by atoms with Gasteiger partial charge in [0.05, 0.1) is 23.2 Å². The third-order valence-electron chi connectivity index (χ3n) is 4.19. The van der Waals surface area contributed by atoms with Crippen LogP contribution in [0.25, 0.3) is 10.2 Å². The second-order valence-electron chi connectivity index (χ2n) is 6.72. The van der Waals surface area contributed by atoms with Crippen LogP contribution in [0, 0.1) is 0 Å². The van der Waals surface area contributed by atoms with E-state index in [2.05, 4.69) is 25.8 Å². The summed E-state index contributed by atoms with van der Waals surface area (Å²) in [6.07, 6.45) is 1.20. The summed E-state index contributed by atoms with van der Waals surface area (Å²) in [7, 11) is 4.07. The molecule has 156 valence electrons. The van der Waals surface area contributed by atoms with E-state index >= 15 is 0 Å². The summed E-state index contributed by atoms with van der Waals surface area (Å²) in [4.78, 5) is 21.6. The minimum absolute atomic E-state index is 0. The third-order valence-corrected chi connectivity index (χ3v) is 5.72. The Kier molecular flexibility index (Phi) is 9.36. The fourth-order valence-electron chi connectivity index (χ4n) is 2.78. The molecule has 0 spiro atoms. The lowest BCUT2D eigenvalue weighted by Crippen LogP contribution is -2.34. The standard InChI is InChI=1S/C21H24BrN3O2S.ClH/c1-24(2)12-6-13-25(20(26)11-14-27-17-7-4-3-5-8-17)21-23-18-10-9-16(22)15-19(18)28-21;/h3-5,7-10,15H,6,11-14H2,1-2H3;1H. The Morgan fingerprint density at radius 1 is 1.14 bits per heavy atom. The van der Waals surface area contributed by atoms with Crippen molar-refractivity contribution < 1.29 is 9.53 Å². The Morgan fingerprint density at radius 3 is 2.62 bits per heavy atom. The molecule has 0 N–H and O–H groups in total. The summed E-state index contributed by atoms with van der Waals surface area (Å²) in [5.74, 6) is 0.812. The summed E-state index contributed by atoms with van der Waals surface area (Å²) in [5, 5.41) is 0.747. The molecule has 8 heteroatoms. The topological polar surface area (TPSA) is 45.7 Å². The molecular weight excluding hydrogens is 474 g/mol. The SMILES string of the molecule is CN(C)CCCN(C(=O)CCOc1ccccc1)c1nc2ccc(Br)cc2s1.Cl. The van der Waals surface area contributed by atoms with E-state index in [-0.39, 0.29) is 18.3 Å². The first-order valence-electron chi connectivity index (χ1n) is 9.22. The monoisotopic (exact) mass is 497 g/mol. The normalized spacial score (nSPS) is 10.8. The number of aromatic nitrogens is 1. The quantitative estimate of drug-likeness (QED) is 0.405. The summed E-state index contributed by atoms with van der Waals surface area (Å²) in [5.41, 5.74) is 0.911. The minimum Gasteiger partial charge on any atom is -0.493 e. The molecule has 0 aliphatic carbocycles. The molecule has 0 saturated carbocycles. The van der Waals surface area contributed by atoms with Crippen LogP contribution < -0.4 is 9.64 Å². The van der Waals surface area contributed by atoms with E-state index in [0.717, 1.165) is 38.5 Å². The molecule has 29 heavy (non-hydrogen) atoms. The van der Waals surface area contributed by atoms with E-state index in [9.17, 15) is 4.79 Å². The summed E-state index contributed by atoms with van der Waals surface area (Å²) < 4.78 is 7.78. The van der Waals surface area contributed by atoms with Gasteiger partial charge in [0.25, 0.3) is 0 Å². The average molecular weight is 499 g/mol. The molecule has 1 amide bonds. The summed E-state index contributed by atoms with van der Waals surface area (Å²) in [6, 6.07) is 15.6. The van der Waals surface area contributed by atoms with Crippen LogP contribution >= 0.6 is 39.7 Å². The van der Waals surface area contributed by atoms with E-state index in [1.165, 1.54) is 0 Å². The predicted molar refractivity (Wildman–Crippen MR) is 127 cm³/mol. The molecule has 3 aromatic rings. The molecule has 3 rings (SSSR count). The first-order chi connectivity index (χ1) is 13.5. The number of carbonyl (C=O) groups is 1. The van der Waals surface area contributed by atoms with Crippen LogP contribution in [-0.4, -0.2) is 49.6 Å². The maximum absolute atomic E-state index is 12.9. The number of amides is 1. The number of nitrogens with zero attached hydrogens (tertiary/aromatic N) is 3. The molecule has 1 heterocycles. The Morgan fingerprint density at radius 2 is 1.90 bits per heavy atom. The highest BCUT2D eigenvalue weighted by atomic mass is 79.9. The number of hydrogen-bond acceptors (Lipinski definition) is 5. The Bertz CT molecular complexity index is 921. The lowest BCUT2D eigenvalue weighted by Gasteiger charge is -2.21. The van der Waals surface area contributed by atoms with E-state index in [4.69, 9.17) is 4.74 Å². The van der Waals surface area contributed by atoms with Crippen LogP contribution in [0.2, 0.25) is 0 Å². The van der Waals surface area contributed by atoms with Crippen LogP contribution in [0.3, 0.4) is 0 Å². The molecule has 0 aliphatic rings. The van der Waals surface area contributed by atoms with Crippen LogP contribution in [0.1, 0.15) is 12.8 Å². The lowest BCUT2D eigenvalue weighted by atomic mass is 10.3. The number of anilines is 1. The Hall–Kier alpha value is -1.67. The summed E-state index contributed by atoms with van der Waals surface area (Å²) in [6.45, 7) is 1.91. The zero-order valence-corrected chi connectivity index (χ0v) is 19.7. The van der Waals surface area contributed by atoms with Gasteiger partial charge < -0.3 is 9.64 Å². The van der Waals surface area contributed by atoms with Crippen molar-refractivity contribution in [3.05, 3.63) is 53.0 Å². The molecule has 0 atom stereocenters. The van der Waals surface area contributed by atoms with Crippen molar-refractivity contribution in [1.29, 1.82) is 0 Å². The van der Waals surface area contributed by atoms with Gasteiger partial charge in [-0.2, -0.15) is 0 Å². The third kappa shape index (κ3) is 6.96. The highest BCUT2D eigenvalue weighted by Gasteiger charge is 2.19. The van der Waals surface area contributed by atoms with Crippen LogP contribution in [-0.2, 0) is 4.79 Å². The number of ether oxygens (including phenoxy) is 1. The van der Waals surface area contributed by atoms with Crippen molar-refractivity contribution in [3.63, 3.8) is 0 Å². The van der Waals surface area contributed by atoms with Crippen molar-refractivity contribution >= 4 is 60.9 Å². The van der Waals surface area contributed by atoms with Gasteiger partial charge in [0.1, 0.15) is 5.75 Å². The van der Waals surface area contributed by atoms with Crippen LogP contribution in [0.5, 0.6) is 5.75 Å². The number of thiazole rings is 1. The molecule has 0 unspecified atom stereocenters. The molecule has 0 aliphatic heterocycles. The summed E-state index contributed by atoms with van der Waals surface area (Å²) >= 11 is 5.04. The van der Waals surface area contributed by atoms with Crippen molar-refractivity contribution in [2.75, 3.05) is 38.7 Å². The molecule has 1 aromatic heterocycles. The molecule has 2 aromatic carbocycles. The number of rotatable bonds is 9. The van der Waals surface area contributed by atoms with Crippen LogP contribution in [0.4, 0.5) is 5.13 Å². The van der Waals surface area contributed by atoms with Gasteiger partial charge >= 0.3 is 0 Å². The Balaban J connectivity index is 0.00000300. The van der Waals surface area contributed by atoms with E-state index in [1.54, 1.807) is 16.2 Å². The number of halogens is 2. The van der Waals surface area contributed by atoms with Gasteiger partial charge in [-0.1, -0.05) is 45.5 Å². The zero-order chi connectivity index (χ0) is 19.9. The number of carbonyl (C=O) groups excluding carboxylic acids is 1. The van der Waals surface area contributed by atoms with E-state index in [1.807, 2.05) is 62.6 Å². The van der Waals surface area contributed by atoms with Crippen molar-refractivity contribution in [1.82, 2.24) is 9.88 Å². The highest BCUT2D eigenvalue weighted by Crippen LogP contribution is 2.31. The van der Waals surface area contributed by atoms with E-state index in [0.29, 0.717) is 19.6 Å².